The molecule has 1 saturated carbocycles. The number of nitrogens with zero attached hydrogens (tertiary/aromatic N) is 4. The normalized spacial score (nSPS) is 19.0. The Kier molecular flexibility index (Phi) is 8.85. The smallest absolute Gasteiger partial charge is 0.191 e. The molecule has 1 saturated heterocycles. The molecular weight excluding hydrogens is 451 g/mol. The van der Waals surface area contributed by atoms with Gasteiger partial charge in [-0.05, 0) is 45.4 Å². The van der Waals surface area contributed by atoms with Crippen LogP contribution in [0, 0.1) is 0 Å². The van der Waals surface area contributed by atoms with E-state index in [0.717, 1.165) is 31.4 Å². The van der Waals surface area contributed by atoms with E-state index >= 15 is 0 Å². The summed E-state index contributed by atoms with van der Waals surface area (Å²) in [6, 6.07) is 1.43. The molecule has 27 heavy (non-hydrogen) atoms. The minimum Gasteiger partial charge on any atom is -0.357 e. The topological polar surface area (TPSA) is 57.5 Å². The lowest BCUT2D eigenvalue weighted by Crippen LogP contribution is -2.49. The number of rotatable bonds is 7. The Morgan fingerprint density at radius 3 is 2.37 bits per heavy atom. The zero-order chi connectivity index (χ0) is 18.5. The van der Waals surface area contributed by atoms with Crippen molar-refractivity contribution in [2.24, 2.45) is 12.0 Å². The number of aromatic nitrogens is 2. The third kappa shape index (κ3) is 5.82. The number of likely N-dealkylation sites (tertiary alicyclic amines) is 1. The van der Waals surface area contributed by atoms with Gasteiger partial charge in [0.2, 0.25) is 0 Å². The average molecular weight is 488 g/mol. The summed E-state index contributed by atoms with van der Waals surface area (Å²) in [7, 11) is 2.04. The van der Waals surface area contributed by atoms with Crippen LogP contribution in [0.1, 0.15) is 63.4 Å². The maximum atomic E-state index is 4.90. The lowest BCUT2D eigenvalue weighted by molar-refractivity contribution is 0.197. The van der Waals surface area contributed by atoms with Crippen LogP contribution >= 0.6 is 24.0 Å². The third-order valence-corrected chi connectivity index (χ3v) is 5.70. The van der Waals surface area contributed by atoms with E-state index in [4.69, 9.17) is 4.99 Å². The summed E-state index contributed by atoms with van der Waals surface area (Å²) in [6.07, 6.45) is 7.21. The molecular formula is C20H37IN6. The van der Waals surface area contributed by atoms with E-state index in [-0.39, 0.29) is 24.0 Å². The van der Waals surface area contributed by atoms with Gasteiger partial charge in [-0.3, -0.25) is 4.68 Å². The fourth-order valence-corrected chi connectivity index (χ4v) is 4.09. The molecule has 1 aromatic rings. The quantitative estimate of drug-likeness (QED) is 0.352. The molecule has 0 amide bonds. The maximum Gasteiger partial charge on any atom is 0.191 e. The van der Waals surface area contributed by atoms with Gasteiger partial charge in [-0.25, -0.2) is 4.99 Å². The summed E-state index contributed by atoms with van der Waals surface area (Å²) in [5.41, 5.74) is 3.79. The fourth-order valence-electron chi connectivity index (χ4n) is 4.09. The highest BCUT2D eigenvalue weighted by molar-refractivity contribution is 14.0. The number of halogens is 1. The fraction of sp³-hybridized carbons (Fsp3) is 0.800. The first-order valence-corrected chi connectivity index (χ1v) is 10.5. The molecule has 0 bridgehead atoms. The number of piperidine rings is 1. The molecule has 2 aliphatic rings. The van der Waals surface area contributed by atoms with Crippen LogP contribution in [0.3, 0.4) is 0 Å². The van der Waals surface area contributed by atoms with E-state index in [1.165, 1.54) is 55.7 Å². The maximum absolute atomic E-state index is 4.90. The minimum atomic E-state index is 0. The summed E-state index contributed by atoms with van der Waals surface area (Å²) < 4.78 is 2.03. The third-order valence-electron chi connectivity index (χ3n) is 5.70. The summed E-state index contributed by atoms with van der Waals surface area (Å²) in [5.74, 6) is 0.949. The zero-order valence-corrected chi connectivity index (χ0v) is 19.8. The molecule has 0 atom stereocenters. The molecule has 0 spiro atoms. The summed E-state index contributed by atoms with van der Waals surface area (Å²) in [6.45, 7) is 10.5. The molecule has 2 fully saturated rings. The Hall–Kier alpha value is -0.830. The molecule has 1 aromatic heterocycles. The average Bonchev–Trinajstić information content (AvgIpc) is 3.44. The van der Waals surface area contributed by atoms with Crippen LogP contribution in [-0.2, 0) is 26.4 Å². The van der Waals surface area contributed by atoms with Crippen molar-refractivity contribution in [1.82, 2.24) is 25.3 Å². The highest BCUT2D eigenvalue weighted by Gasteiger charge is 2.31. The Morgan fingerprint density at radius 1 is 1.11 bits per heavy atom. The highest BCUT2D eigenvalue weighted by Crippen LogP contribution is 2.29. The van der Waals surface area contributed by atoms with Crippen molar-refractivity contribution in [3.8, 4) is 0 Å². The highest BCUT2D eigenvalue weighted by atomic mass is 127. The van der Waals surface area contributed by atoms with Crippen molar-refractivity contribution >= 4 is 29.9 Å². The molecule has 1 aliphatic heterocycles. The molecule has 6 nitrogen and oxygen atoms in total. The van der Waals surface area contributed by atoms with Crippen LogP contribution in [0.25, 0.3) is 0 Å². The molecule has 0 radical (unpaired) electrons. The molecule has 2 heterocycles. The molecule has 0 unspecified atom stereocenters. The number of aryl methyl sites for hydroxylation is 2. The second-order valence-electron chi connectivity index (χ2n) is 7.58. The Morgan fingerprint density at radius 2 is 1.81 bits per heavy atom. The van der Waals surface area contributed by atoms with Crippen molar-refractivity contribution in [2.75, 3.05) is 19.6 Å². The minimum absolute atomic E-state index is 0. The van der Waals surface area contributed by atoms with E-state index in [2.05, 4.69) is 41.4 Å². The van der Waals surface area contributed by atoms with Crippen molar-refractivity contribution in [3.63, 3.8) is 0 Å². The Labute approximate surface area is 181 Å². The number of guanidine groups is 1. The van der Waals surface area contributed by atoms with Crippen molar-refractivity contribution in [2.45, 2.75) is 77.9 Å². The van der Waals surface area contributed by atoms with Crippen LogP contribution < -0.4 is 10.6 Å². The largest absolute Gasteiger partial charge is 0.357 e. The predicted molar refractivity (Wildman–Crippen MR) is 123 cm³/mol. The Balaban J connectivity index is 0.00000261. The van der Waals surface area contributed by atoms with Gasteiger partial charge < -0.3 is 15.5 Å². The van der Waals surface area contributed by atoms with Gasteiger partial charge in [0.15, 0.2) is 5.96 Å². The van der Waals surface area contributed by atoms with Crippen molar-refractivity contribution in [1.29, 1.82) is 0 Å². The lowest BCUT2D eigenvalue weighted by atomic mass is 10.1. The number of nitrogens with one attached hydrogen (secondary N) is 2. The first-order valence-electron chi connectivity index (χ1n) is 10.5. The first kappa shape index (κ1) is 22.5. The molecule has 1 aliphatic carbocycles. The van der Waals surface area contributed by atoms with E-state index < -0.39 is 0 Å². The Bertz CT molecular complexity index is 614. The standard InChI is InChI=1S/C20H36N6.HI/c1-5-18-17(19(6-2)25(4)24-18)14-22-20(21-7-3)23-15-10-12-26(13-11-15)16-8-9-16;/h15-16H,5-14H2,1-4H3,(H2,21,22,23);1H. The number of aliphatic imine (C=N–C) groups is 1. The summed E-state index contributed by atoms with van der Waals surface area (Å²) in [5, 5.41) is 11.8. The second kappa shape index (κ2) is 10.6. The first-order chi connectivity index (χ1) is 12.7. The number of hydrogen-bond donors (Lipinski definition) is 2. The zero-order valence-electron chi connectivity index (χ0n) is 17.4. The van der Waals surface area contributed by atoms with Gasteiger partial charge in [-0.15, -0.1) is 24.0 Å². The summed E-state index contributed by atoms with van der Waals surface area (Å²) in [4.78, 5) is 7.57. The van der Waals surface area contributed by atoms with Gasteiger partial charge in [-0.1, -0.05) is 13.8 Å². The lowest BCUT2D eigenvalue weighted by Gasteiger charge is -2.33. The van der Waals surface area contributed by atoms with Crippen LogP contribution in [-0.4, -0.2) is 52.4 Å². The van der Waals surface area contributed by atoms with Gasteiger partial charge in [-0.2, -0.15) is 5.10 Å². The summed E-state index contributed by atoms with van der Waals surface area (Å²) >= 11 is 0. The van der Waals surface area contributed by atoms with Crippen LogP contribution in [0.15, 0.2) is 4.99 Å². The monoisotopic (exact) mass is 488 g/mol. The number of hydrogen-bond acceptors (Lipinski definition) is 3. The predicted octanol–water partition coefficient (Wildman–Crippen LogP) is 2.84. The molecule has 2 N–H and O–H groups in total. The molecule has 0 aromatic carbocycles. The van der Waals surface area contributed by atoms with Gasteiger partial charge >= 0.3 is 0 Å². The van der Waals surface area contributed by atoms with E-state index in [1.54, 1.807) is 0 Å². The van der Waals surface area contributed by atoms with Crippen LogP contribution in [0.4, 0.5) is 0 Å². The van der Waals surface area contributed by atoms with Crippen LogP contribution in [0.5, 0.6) is 0 Å². The van der Waals surface area contributed by atoms with Crippen molar-refractivity contribution in [3.05, 3.63) is 17.0 Å². The van der Waals surface area contributed by atoms with Crippen LogP contribution in [0.2, 0.25) is 0 Å². The van der Waals surface area contributed by atoms with Gasteiger partial charge in [0, 0.05) is 50.0 Å². The molecule has 154 valence electrons. The van der Waals surface area contributed by atoms with E-state index in [0.29, 0.717) is 12.6 Å². The van der Waals surface area contributed by atoms with Gasteiger partial charge in [0.1, 0.15) is 0 Å². The van der Waals surface area contributed by atoms with E-state index in [1.807, 2.05) is 11.7 Å². The van der Waals surface area contributed by atoms with E-state index in [9.17, 15) is 0 Å². The van der Waals surface area contributed by atoms with Gasteiger partial charge in [0.25, 0.3) is 0 Å². The van der Waals surface area contributed by atoms with Gasteiger partial charge in [0.05, 0.1) is 12.2 Å². The molecule has 3 rings (SSSR count). The van der Waals surface area contributed by atoms with Crippen molar-refractivity contribution < 1.29 is 0 Å². The molecule has 7 heteroatoms. The SMILES string of the molecule is CCNC(=NCc1c(CC)nn(C)c1CC)NC1CCN(C2CC2)CC1.I. The second-order valence-corrected chi connectivity index (χ2v) is 7.58.